The van der Waals surface area contributed by atoms with Crippen molar-refractivity contribution >= 4 is 17.6 Å². The van der Waals surface area contributed by atoms with Crippen LogP contribution in [0.3, 0.4) is 0 Å². The topological polar surface area (TPSA) is 157 Å². The summed E-state index contributed by atoms with van der Waals surface area (Å²) in [6, 6.07) is 17.0. The van der Waals surface area contributed by atoms with Gasteiger partial charge >= 0.3 is 0 Å². The molecule has 0 atom stereocenters. The Bertz CT molecular complexity index is 1090. The van der Waals surface area contributed by atoms with Gasteiger partial charge in [-0.25, -0.2) is 9.97 Å². The Hall–Kier alpha value is -4.45. The van der Waals surface area contributed by atoms with E-state index in [0.717, 1.165) is 0 Å². The quantitative estimate of drug-likeness (QED) is 0.557. The summed E-state index contributed by atoms with van der Waals surface area (Å²) in [6.07, 6.45) is 0. The lowest BCUT2D eigenvalue weighted by atomic mass is 10.2. The standard InChI is InChI=1S/C20H16N6O3/c21-10-12-1-5-14(6-2-12)29-15-7-3-13(4-8-15)20-25-16(19(23)28)9-18(26-20)24-11-17(22)27/h1-9H,11H2,(H2,22,27)(H2,23,28)(H,24,25,26). The lowest BCUT2D eigenvalue weighted by Crippen LogP contribution is -2.23. The number of rotatable bonds is 7. The van der Waals surface area contributed by atoms with Crippen molar-refractivity contribution in [1.29, 1.82) is 5.26 Å². The van der Waals surface area contributed by atoms with E-state index in [1.165, 1.54) is 6.07 Å². The summed E-state index contributed by atoms with van der Waals surface area (Å²) in [5, 5.41) is 11.6. The number of primary amides is 2. The van der Waals surface area contributed by atoms with Crippen molar-refractivity contribution in [3.05, 3.63) is 65.9 Å². The van der Waals surface area contributed by atoms with E-state index in [1.54, 1.807) is 48.5 Å². The SMILES string of the molecule is N#Cc1ccc(Oc2ccc(-c3nc(NCC(N)=O)cc(C(N)=O)n3)cc2)cc1. The van der Waals surface area contributed by atoms with Gasteiger partial charge in [0.25, 0.3) is 5.91 Å². The Morgan fingerprint density at radius 2 is 1.62 bits per heavy atom. The summed E-state index contributed by atoms with van der Waals surface area (Å²) in [5.41, 5.74) is 11.6. The number of hydrogen-bond donors (Lipinski definition) is 3. The minimum Gasteiger partial charge on any atom is -0.457 e. The number of nitrogens with two attached hydrogens (primary N) is 2. The summed E-state index contributed by atoms with van der Waals surface area (Å²) in [6.45, 7) is -0.147. The minimum atomic E-state index is -0.725. The highest BCUT2D eigenvalue weighted by Gasteiger charge is 2.11. The Balaban J connectivity index is 1.83. The number of aromatic nitrogens is 2. The number of nitrogens with zero attached hydrogens (tertiary/aromatic N) is 3. The van der Waals surface area contributed by atoms with E-state index in [4.69, 9.17) is 21.5 Å². The lowest BCUT2D eigenvalue weighted by molar-refractivity contribution is -0.116. The number of nitriles is 1. The van der Waals surface area contributed by atoms with Crippen LogP contribution in [0.25, 0.3) is 11.4 Å². The highest BCUT2D eigenvalue weighted by Crippen LogP contribution is 2.25. The van der Waals surface area contributed by atoms with Crippen LogP contribution < -0.4 is 21.5 Å². The zero-order valence-electron chi connectivity index (χ0n) is 15.1. The van der Waals surface area contributed by atoms with Gasteiger partial charge in [-0.05, 0) is 48.5 Å². The van der Waals surface area contributed by atoms with Gasteiger partial charge in [0.1, 0.15) is 23.0 Å². The molecular weight excluding hydrogens is 372 g/mol. The van der Waals surface area contributed by atoms with E-state index in [9.17, 15) is 9.59 Å². The third-order valence-corrected chi connectivity index (χ3v) is 3.75. The van der Waals surface area contributed by atoms with Crippen molar-refractivity contribution < 1.29 is 14.3 Å². The lowest BCUT2D eigenvalue weighted by Gasteiger charge is -2.09. The molecule has 0 unspecified atom stereocenters. The Labute approximate surface area is 166 Å². The van der Waals surface area contributed by atoms with Crippen LogP contribution >= 0.6 is 0 Å². The summed E-state index contributed by atoms with van der Waals surface area (Å²) in [5.74, 6) is 0.351. The van der Waals surface area contributed by atoms with Crippen LogP contribution in [0.5, 0.6) is 11.5 Å². The van der Waals surface area contributed by atoms with E-state index in [-0.39, 0.29) is 23.9 Å². The van der Waals surface area contributed by atoms with Gasteiger partial charge < -0.3 is 21.5 Å². The summed E-state index contributed by atoms with van der Waals surface area (Å²) in [4.78, 5) is 30.9. The molecule has 0 aliphatic rings. The first-order chi connectivity index (χ1) is 13.9. The molecule has 9 nitrogen and oxygen atoms in total. The molecule has 144 valence electrons. The number of hydrogen-bond acceptors (Lipinski definition) is 7. The molecule has 0 spiro atoms. The molecule has 3 aromatic rings. The normalized spacial score (nSPS) is 10.0. The number of carbonyl (C=O) groups is 2. The van der Waals surface area contributed by atoms with Gasteiger partial charge in [0, 0.05) is 11.6 Å². The number of benzene rings is 2. The predicted octanol–water partition coefficient (Wildman–Crippen LogP) is 1.80. The smallest absolute Gasteiger partial charge is 0.267 e. The van der Waals surface area contributed by atoms with E-state index < -0.39 is 11.8 Å². The second-order valence-electron chi connectivity index (χ2n) is 5.91. The molecule has 1 heterocycles. The van der Waals surface area contributed by atoms with Crippen molar-refractivity contribution in [1.82, 2.24) is 9.97 Å². The van der Waals surface area contributed by atoms with Gasteiger partial charge in [0.05, 0.1) is 18.2 Å². The molecule has 5 N–H and O–H groups in total. The molecule has 0 fully saturated rings. The predicted molar refractivity (Wildman–Crippen MR) is 105 cm³/mol. The number of ether oxygens (including phenoxy) is 1. The summed E-state index contributed by atoms with van der Waals surface area (Å²) < 4.78 is 5.73. The molecule has 0 bridgehead atoms. The maximum Gasteiger partial charge on any atom is 0.267 e. The van der Waals surface area contributed by atoms with Crippen molar-refractivity contribution in [2.45, 2.75) is 0 Å². The van der Waals surface area contributed by atoms with Gasteiger partial charge in [0.15, 0.2) is 5.82 Å². The number of amides is 2. The molecule has 3 rings (SSSR count). The van der Waals surface area contributed by atoms with Crippen molar-refractivity contribution in [3.63, 3.8) is 0 Å². The first-order valence-electron chi connectivity index (χ1n) is 8.44. The van der Waals surface area contributed by atoms with Crippen LogP contribution in [0, 0.1) is 11.3 Å². The average molecular weight is 388 g/mol. The maximum absolute atomic E-state index is 11.6. The van der Waals surface area contributed by atoms with Crippen LogP contribution in [0.15, 0.2) is 54.6 Å². The first-order valence-corrected chi connectivity index (χ1v) is 8.44. The van der Waals surface area contributed by atoms with Crippen molar-refractivity contribution in [3.8, 4) is 29.0 Å². The Kier molecular flexibility index (Phi) is 5.66. The van der Waals surface area contributed by atoms with Gasteiger partial charge in [-0.2, -0.15) is 5.26 Å². The highest BCUT2D eigenvalue weighted by atomic mass is 16.5. The molecule has 9 heteroatoms. The number of carbonyl (C=O) groups excluding carboxylic acids is 2. The number of anilines is 1. The zero-order chi connectivity index (χ0) is 20.8. The van der Waals surface area contributed by atoms with Gasteiger partial charge in [0.2, 0.25) is 5.91 Å². The monoisotopic (exact) mass is 388 g/mol. The molecule has 0 radical (unpaired) electrons. The fraction of sp³-hybridized carbons (Fsp3) is 0.0500. The zero-order valence-corrected chi connectivity index (χ0v) is 15.1. The maximum atomic E-state index is 11.6. The summed E-state index contributed by atoms with van der Waals surface area (Å²) >= 11 is 0. The Morgan fingerprint density at radius 3 is 2.17 bits per heavy atom. The fourth-order valence-electron chi connectivity index (χ4n) is 2.38. The molecule has 0 aliphatic heterocycles. The third kappa shape index (κ3) is 5.05. The molecule has 2 amide bonds. The molecule has 0 aliphatic carbocycles. The van der Waals surface area contributed by atoms with Gasteiger partial charge in [-0.15, -0.1) is 0 Å². The highest BCUT2D eigenvalue weighted by molar-refractivity contribution is 5.92. The molecular formula is C20H16N6O3. The van der Waals surface area contributed by atoms with E-state index in [0.29, 0.717) is 22.6 Å². The van der Waals surface area contributed by atoms with Crippen molar-refractivity contribution in [2.24, 2.45) is 11.5 Å². The van der Waals surface area contributed by atoms with Crippen LogP contribution in [0.1, 0.15) is 16.1 Å². The van der Waals surface area contributed by atoms with Crippen LogP contribution in [0.4, 0.5) is 5.82 Å². The second-order valence-corrected chi connectivity index (χ2v) is 5.91. The van der Waals surface area contributed by atoms with Crippen LogP contribution in [-0.2, 0) is 4.79 Å². The second kappa shape index (κ2) is 8.49. The van der Waals surface area contributed by atoms with Gasteiger partial charge in [-0.3, -0.25) is 9.59 Å². The molecule has 0 saturated carbocycles. The Morgan fingerprint density at radius 1 is 1.00 bits per heavy atom. The molecule has 1 aromatic heterocycles. The van der Waals surface area contributed by atoms with E-state index in [1.807, 2.05) is 6.07 Å². The number of nitrogens with one attached hydrogen (secondary N) is 1. The first kappa shape index (κ1) is 19.3. The van der Waals surface area contributed by atoms with Gasteiger partial charge in [-0.1, -0.05) is 0 Å². The van der Waals surface area contributed by atoms with Crippen LogP contribution in [0.2, 0.25) is 0 Å². The minimum absolute atomic E-state index is 0.000112. The third-order valence-electron chi connectivity index (χ3n) is 3.75. The largest absolute Gasteiger partial charge is 0.457 e. The van der Waals surface area contributed by atoms with Crippen molar-refractivity contribution in [2.75, 3.05) is 11.9 Å². The molecule has 0 saturated heterocycles. The summed E-state index contributed by atoms with van der Waals surface area (Å²) in [7, 11) is 0. The van der Waals surface area contributed by atoms with E-state index >= 15 is 0 Å². The average Bonchev–Trinajstić information content (AvgIpc) is 2.73. The molecule has 29 heavy (non-hydrogen) atoms. The molecule has 2 aromatic carbocycles. The van der Waals surface area contributed by atoms with E-state index in [2.05, 4.69) is 15.3 Å². The fourth-order valence-corrected chi connectivity index (χ4v) is 2.38. The van der Waals surface area contributed by atoms with Crippen LogP contribution in [-0.4, -0.2) is 28.3 Å².